The number of aromatic amines is 1. The minimum absolute atomic E-state index is 0.265. The van der Waals surface area contributed by atoms with Gasteiger partial charge in [0, 0.05) is 30.2 Å². The minimum Gasteiger partial charge on any atom is -0.382 e. The predicted molar refractivity (Wildman–Crippen MR) is 101 cm³/mol. The number of piperidine rings is 1. The van der Waals surface area contributed by atoms with Gasteiger partial charge in [-0.05, 0) is 48.7 Å². The highest BCUT2D eigenvalue weighted by Gasteiger charge is 2.28. The Morgan fingerprint density at radius 2 is 1.96 bits per heavy atom. The van der Waals surface area contributed by atoms with Crippen molar-refractivity contribution in [2.45, 2.75) is 25.0 Å². The fraction of sp³-hybridized carbons (Fsp3) is 0.300. The maximum absolute atomic E-state index is 13.0. The first-order valence-corrected chi connectivity index (χ1v) is 9.02. The van der Waals surface area contributed by atoms with Crippen LogP contribution in [-0.4, -0.2) is 45.2 Å². The molecule has 2 heterocycles. The summed E-state index contributed by atoms with van der Waals surface area (Å²) in [5.41, 5.74) is 2.44. The van der Waals surface area contributed by atoms with Gasteiger partial charge in [0.05, 0.1) is 11.7 Å². The second-order valence-electron chi connectivity index (χ2n) is 6.87. The van der Waals surface area contributed by atoms with E-state index < -0.39 is 6.10 Å². The highest BCUT2D eigenvalue weighted by atomic mass is 19.1. The molecule has 7 heteroatoms. The second-order valence-corrected chi connectivity index (χ2v) is 6.87. The van der Waals surface area contributed by atoms with Gasteiger partial charge in [0.15, 0.2) is 6.10 Å². The molecule has 27 heavy (non-hydrogen) atoms. The molecule has 3 aromatic rings. The van der Waals surface area contributed by atoms with Crippen molar-refractivity contribution in [3.05, 3.63) is 60.0 Å². The SMILES string of the molecule is O=C(C(O)c1ccc(F)cc1)N1CCC(Nc2ccc3[nH]ncc3c2)CC1. The Morgan fingerprint density at radius 1 is 1.22 bits per heavy atom. The molecule has 1 atom stereocenters. The number of benzene rings is 2. The number of hydrogen-bond acceptors (Lipinski definition) is 4. The Hall–Kier alpha value is -2.93. The van der Waals surface area contributed by atoms with Crippen LogP contribution in [0, 0.1) is 5.82 Å². The van der Waals surface area contributed by atoms with Crippen LogP contribution < -0.4 is 5.32 Å². The molecule has 1 saturated heterocycles. The zero-order valence-electron chi connectivity index (χ0n) is 14.7. The first-order chi connectivity index (χ1) is 13.1. The Bertz CT molecular complexity index is 933. The van der Waals surface area contributed by atoms with Crippen LogP contribution in [0.1, 0.15) is 24.5 Å². The van der Waals surface area contributed by atoms with Gasteiger partial charge in [0.25, 0.3) is 5.91 Å². The van der Waals surface area contributed by atoms with Crippen LogP contribution in [0.4, 0.5) is 10.1 Å². The molecule has 3 N–H and O–H groups in total. The van der Waals surface area contributed by atoms with Crippen molar-refractivity contribution in [3.63, 3.8) is 0 Å². The largest absolute Gasteiger partial charge is 0.382 e. The summed E-state index contributed by atoms with van der Waals surface area (Å²) in [5.74, 6) is -0.723. The average Bonchev–Trinajstić information content (AvgIpc) is 3.16. The molecule has 6 nitrogen and oxygen atoms in total. The molecule has 1 fully saturated rings. The van der Waals surface area contributed by atoms with E-state index >= 15 is 0 Å². The Kier molecular flexibility index (Phi) is 4.77. The van der Waals surface area contributed by atoms with E-state index in [0.717, 1.165) is 29.4 Å². The molecular formula is C20H21FN4O2. The molecule has 0 aliphatic carbocycles. The molecule has 1 aromatic heterocycles. The van der Waals surface area contributed by atoms with Crippen molar-refractivity contribution in [3.8, 4) is 0 Å². The van der Waals surface area contributed by atoms with Crippen molar-refractivity contribution in [1.29, 1.82) is 0 Å². The number of halogens is 1. The number of nitrogens with zero attached hydrogens (tertiary/aromatic N) is 2. The highest BCUT2D eigenvalue weighted by Crippen LogP contribution is 2.23. The Morgan fingerprint density at radius 3 is 2.70 bits per heavy atom. The van der Waals surface area contributed by atoms with E-state index in [1.807, 2.05) is 12.1 Å². The predicted octanol–water partition coefficient (Wildman–Crippen LogP) is 2.84. The molecule has 4 rings (SSSR count). The fourth-order valence-electron chi connectivity index (χ4n) is 3.47. The third-order valence-electron chi connectivity index (χ3n) is 5.04. The number of rotatable bonds is 4. The molecule has 0 bridgehead atoms. The Balaban J connectivity index is 1.33. The van der Waals surface area contributed by atoms with Gasteiger partial charge in [-0.1, -0.05) is 12.1 Å². The quantitative estimate of drug-likeness (QED) is 0.661. The van der Waals surface area contributed by atoms with Gasteiger partial charge in [-0.3, -0.25) is 9.89 Å². The summed E-state index contributed by atoms with van der Waals surface area (Å²) >= 11 is 0. The van der Waals surface area contributed by atoms with E-state index in [1.165, 1.54) is 24.3 Å². The number of amides is 1. The number of carbonyl (C=O) groups is 1. The maximum atomic E-state index is 13.0. The fourth-order valence-corrected chi connectivity index (χ4v) is 3.47. The summed E-state index contributed by atoms with van der Waals surface area (Å²) in [7, 11) is 0. The third kappa shape index (κ3) is 3.78. The topological polar surface area (TPSA) is 81.2 Å². The van der Waals surface area contributed by atoms with Gasteiger partial charge < -0.3 is 15.3 Å². The molecule has 140 valence electrons. The van der Waals surface area contributed by atoms with Crippen LogP contribution in [0.5, 0.6) is 0 Å². The molecule has 1 aliphatic heterocycles. The third-order valence-corrected chi connectivity index (χ3v) is 5.04. The number of H-pyrrole nitrogens is 1. The van der Waals surface area contributed by atoms with Crippen LogP contribution in [0.25, 0.3) is 10.9 Å². The maximum Gasteiger partial charge on any atom is 0.256 e. The number of anilines is 1. The van der Waals surface area contributed by atoms with Gasteiger partial charge in [0.2, 0.25) is 0 Å². The van der Waals surface area contributed by atoms with Gasteiger partial charge in [-0.2, -0.15) is 5.10 Å². The van der Waals surface area contributed by atoms with Gasteiger partial charge in [-0.15, -0.1) is 0 Å². The van der Waals surface area contributed by atoms with Crippen molar-refractivity contribution in [2.24, 2.45) is 0 Å². The van der Waals surface area contributed by atoms with Crippen molar-refractivity contribution in [2.75, 3.05) is 18.4 Å². The molecule has 2 aromatic carbocycles. The number of likely N-dealkylation sites (tertiary alicyclic amines) is 1. The van der Waals surface area contributed by atoms with Gasteiger partial charge in [0.1, 0.15) is 5.82 Å². The summed E-state index contributed by atoms with van der Waals surface area (Å²) in [6.45, 7) is 1.14. The van der Waals surface area contributed by atoms with E-state index in [-0.39, 0.29) is 17.8 Å². The zero-order valence-corrected chi connectivity index (χ0v) is 14.7. The van der Waals surface area contributed by atoms with E-state index in [0.29, 0.717) is 18.7 Å². The standard InChI is InChI=1S/C20H21FN4O2/c21-15-3-1-13(2-4-15)19(26)20(27)25-9-7-16(8-10-25)23-17-5-6-18-14(11-17)12-22-24-18/h1-6,11-12,16,19,23,26H,7-10H2,(H,22,24). The lowest BCUT2D eigenvalue weighted by Gasteiger charge is -2.34. The molecule has 1 aliphatic rings. The van der Waals surface area contributed by atoms with E-state index in [4.69, 9.17) is 0 Å². The van der Waals surface area contributed by atoms with Crippen LogP contribution >= 0.6 is 0 Å². The number of aliphatic hydroxyl groups is 1. The molecule has 0 radical (unpaired) electrons. The molecular weight excluding hydrogens is 347 g/mol. The lowest BCUT2D eigenvalue weighted by Crippen LogP contribution is -2.44. The monoisotopic (exact) mass is 368 g/mol. The zero-order chi connectivity index (χ0) is 18.8. The first kappa shape index (κ1) is 17.5. The van der Waals surface area contributed by atoms with Crippen LogP contribution in [0.3, 0.4) is 0 Å². The smallest absolute Gasteiger partial charge is 0.256 e. The van der Waals surface area contributed by atoms with Crippen molar-refractivity contribution >= 4 is 22.5 Å². The summed E-state index contributed by atoms with van der Waals surface area (Å²) < 4.78 is 13.0. The summed E-state index contributed by atoms with van der Waals surface area (Å²) in [6, 6.07) is 11.7. The van der Waals surface area contributed by atoms with E-state index in [2.05, 4.69) is 21.6 Å². The van der Waals surface area contributed by atoms with Gasteiger partial charge in [-0.25, -0.2) is 4.39 Å². The van der Waals surface area contributed by atoms with Crippen LogP contribution in [0.15, 0.2) is 48.7 Å². The van der Waals surface area contributed by atoms with Crippen molar-refractivity contribution < 1.29 is 14.3 Å². The average molecular weight is 368 g/mol. The molecule has 1 unspecified atom stereocenters. The van der Waals surface area contributed by atoms with Gasteiger partial charge >= 0.3 is 0 Å². The number of hydrogen-bond donors (Lipinski definition) is 3. The summed E-state index contributed by atoms with van der Waals surface area (Å²) in [6.07, 6.45) is 2.13. The number of nitrogens with one attached hydrogen (secondary N) is 2. The minimum atomic E-state index is -1.25. The first-order valence-electron chi connectivity index (χ1n) is 9.02. The molecule has 0 saturated carbocycles. The molecule has 0 spiro atoms. The highest BCUT2D eigenvalue weighted by molar-refractivity contribution is 5.82. The van der Waals surface area contributed by atoms with E-state index in [9.17, 15) is 14.3 Å². The summed E-state index contributed by atoms with van der Waals surface area (Å²) in [5, 5.41) is 21.8. The van der Waals surface area contributed by atoms with Crippen LogP contribution in [-0.2, 0) is 4.79 Å². The lowest BCUT2D eigenvalue weighted by atomic mass is 10.0. The van der Waals surface area contributed by atoms with Crippen molar-refractivity contribution in [1.82, 2.24) is 15.1 Å². The number of carbonyl (C=O) groups excluding carboxylic acids is 1. The normalized spacial score (nSPS) is 16.4. The number of aromatic nitrogens is 2. The molecule has 1 amide bonds. The van der Waals surface area contributed by atoms with Crippen LogP contribution in [0.2, 0.25) is 0 Å². The Labute approximate surface area is 156 Å². The number of fused-ring (bicyclic) bond motifs is 1. The second kappa shape index (κ2) is 7.36. The van der Waals surface area contributed by atoms with E-state index in [1.54, 1.807) is 11.1 Å². The summed E-state index contributed by atoms with van der Waals surface area (Å²) in [4.78, 5) is 14.2. The number of aliphatic hydroxyl groups excluding tert-OH is 1. The lowest BCUT2D eigenvalue weighted by molar-refractivity contribution is -0.141.